The van der Waals surface area contributed by atoms with Gasteiger partial charge in [-0.15, -0.1) is 0 Å². The van der Waals surface area contributed by atoms with Crippen LogP contribution in [-0.4, -0.2) is 38.9 Å². The van der Waals surface area contributed by atoms with Crippen molar-refractivity contribution in [2.75, 3.05) is 37.7 Å². The van der Waals surface area contributed by atoms with Crippen LogP contribution in [0.25, 0.3) is 0 Å². The molecule has 4 heteroatoms. The number of anilines is 1. The van der Waals surface area contributed by atoms with Gasteiger partial charge in [-0.2, -0.15) is 0 Å². The lowest BCUT2D eigenvalue weighted by Gasteiger charge is -2.33. The van der Waals surface area contributed by atoms with Gasteiger partial charge in [0.1, 0.15) is 12.7 Å². The van der Waals surface area contributed by atoms with E-state index in [-0.39, 0.29) is 6.10 Å². The molecule has 92 valence electrons. The standard InChI is InChI=1S/C13H18N2O2/c1-10-9-16-13-11(3-2-4-12(13)17-10)15-7-5-14-6-8-15/h2-4,10,14H,5-9H2,1H3/t10-/m0/s1. The molecule has 0 aliphatic carbocycles. The summed E-state index contributed by atoms with van der Waals surface area (Å²) in [6.45, 7) is 6.77. The Morgan fingerprint density at radius 2 is 2.12 bits per heavy atom. The van der Waals surface area contributed by atoms with Gasteiger partial charge in [-0.3, -0.25) is 0 Å². The Bertz CT molecular complexity index is 402. The summed E-state index contributed by atoms with van der Waals surface area (Å²) in [5.41, 5.74) is 1.16. The van der Waals surface area contributed by atoms with Crippen LogP contribution in [0.3, 0.4) is 0 Å². The summed E-state index contributed by atoms with van der Waals surface area (Å²) in [5, 5.41) is 3.36. The number of nitrogens with one attached hydrogen (secondary N) is 1. The Morgan fingerprint density at radius 3 is 2.94 bits per heavy atom. The molecule has 2 heterocycles. The van der Waals surface area contributed by atoms with Gasteiger partial charge in [-0.05, 0) is 19.1 Å². The van der Waals surface area contributed by atoms with Crippen LogP contribution in [0.1, 0.15) is 6.92 Å². The normalized spacial score (nSPS) is 23.6. The SMILES string of the molecule is C[C@H]1COc2c(cccc2N2CCNCC2)O1. The van der Waals surface area contributed by atoms with Crippen molar-refractivity contribution in [2.45, 2.75) is 13.0 Å². The van der Waals surface area contributed by atoms with Gasteiger partial charge in [0.05, 0.1) is 5.69 Å². The number of piperazine rings is 1. The fraction of sp³-hybridized carbons (Fsp3) is 0.538. The van der Waals surface area contributed by atoms with Crippen LogP contribution in [0.15, 0.2) is 18.2 Å². The van der Waals surface area contributed by atoms with E-state index in [1.54, 1.807) is 0 Å². The Hall–Kier alpha value is -1.42. The second-order valence-electron chi connectivity index (χ2n) is 4.58. The predicted octanol–water partition coefficient (Wildman–Crippen LogP) is 1.26. The van der Waals surface area contributed by atoms with E-state index in [0.29, 0.717) is 6.61 Å². The molecule has 17 heavy (non-hydrogen) atoms. The molecule has 0 saturated carbocycles. The fourth-order valence-electron chi connectivity index (χ4n) is 2.35. The van der Waals surface area contributed by atoms with E-state index in [9.17, 15) is 0 Å². The molecule has 3 rings (SSSR count). The smallest absolute Gasteiger partial charge is 0.184 e. The molecule has 1 aromatic carbocycles. The largest absolute Gasteiger partial charge is 0.484 e. The van der Waals surface area contributed by atoms with Crippen molar-refractivity contribution in [3.8, 4) is 11.5 Å². The minimum Gasteiger partial charge on any atom is -0.484 e. The van der Waals surface area contributed by atoms with Crippen LogP contribution in [0.5, 0.6) is 11.5 Å². The second kappa shape index (κ2) is 4.45. The Balaban J connectivity index is 1.91. The molecule has 1 aromatic rings. The first-order chi connectivity index (χ1) is 8.34. The Kier molecular flexibility index (Phi) is 2.81. The third kappa shape index (κ3) is 2.05. The molecule has 4 nitrogen and oxygen atoms in total. The maximum Gasteiger partial charge on any atom is 0.184 e. The average Bonchev–Trinajstić information content (AvgIpc) is 2.39. The number of rotatable bonds is 1. The van der Waals surface area contributed by atoms with Gasteiger partial charge in [0.2, 0.25) is 0 Å². The van der Waals surface area contributed by atoms with Gasteiger partial charge >= 0.3 is 0 Å². The summed E-state index contributed by atoms with van der Waals surface area (Å²) in [6.07, 6.45) is 0.140. The summed E-state index contributed by atoms with van der Waals surface area (Å²) in [7, 11) is 0. The van der Waals surface area contributed by atoms with Crippen LogP contribution in [0.4, 0.5) is 5.69 Å². The molecule has 2 aliphatic rings. The van der Waals surface area contributed by atoms with Crippen molar-refractivity contribution in [3.05, 3.63) is 18.2 Å². The molecule has 0 unspecified atom stereocenters. The Morgan fingerprint density at radius 1 is 1.29 bits per heavy atom. The van der Waals surface area contributed by atoms with Gasteiger partial charge in [-0.1, -0.05) is 6.07 Å². The molecule has 1 N–H and O–H groups in total. The molecule has 0 amide bonds. The van der Waals surface area contributed by atoms with Crippen LogP contribution in [0, 0.1) is 0 Å². The average molecular weight is 234 g/mol. The molecule has 1 fully saturated rings. The Labute approximate surface area is 102 Å². The molecular weight excluding hydrogens is 216 g/mol. The lowest BCUT2D eigenvalue weighted by molar-refractivity contribution is 0.104. The molecule has 1 atom stereocenters. The topological polar surface area (TPSA) is 33.7 Å². The first kappa shape index (κ1) is 10.7. The quantitative estimate of drug-likeness (QED) is 0.793. The number of hydrogen-bond donors (Lipinski definition) is 1. The molecular formula is C13H18N2O2. The van der Waals surface area contributed by atoms with Crippen molar-refractivity contribution >= 4 is 5.69 Å². The number of ether oxygens (including phenoxy) is 2. The summed E-state index contributed by atoms with van der Waals surface area (Å²) in [6, 6.07) is 6.14. The number of benzene rings is 1. The monoisotopic (exact) mass is 234 g/mol. The molecule has 0 spiro atoms. The van der Waals surface area contributed by atoms with Crippen molar-refractivity contribution in [2.24, 2.45) is 0 Å². The van der Waals surface area contributed by atoms with E-state index in [4.69, 9.17) is 9.47 Å². The van der Waals surface area contributed by atoms with E-state index in [0.717, 1.165) is 43.4 Å². The van der Waals surface area contributed by atoms with Crippen LogP contribution in [-0.2, 0) is 0 Å². The maximum absolute atomic E-state index is 5.83. The second-order valence-corrected chi connectivity index (χ2v) is 4.58. The first-order valence-electron chi connectivity index (χ1n) is 6.23. The molecule has 0 bridgehead atoms. The number of hydrogen-bond acceptors (Lipinski definition) is 4. The molecule has 2 aliphatic heterocycles. The minimum absolute atomic E-state index is 0.140. The number of fused-ring (bicyclic) bond motifs is 1. The van der Waals surface area contributed by atoms with Crippen molar-refractivity contribution < 1.29 is 9.47 Å². The van der Waals surface area contributed by atoms with Gasteiger partial charge < -0.3 is 19.7 Å². The first-order valence-corrected chi connectivity index (χ1v) is 6.23. The van der Waals surface area contributed by atoms with Crippen LogP contribution >= 0.6 is 0 Å². The summed E-state index contributed by atoms with van der Waals surface area (Å²) < 4.78 is 11.6. The maximum atomic E-state index is 5.83. The third-order valence-electron chi connectivity index (χ3n) is 3.21. The van der Waals surface area contributed by atoms with E-state index < -0.39 is 0 Å². The lowest BCUT2D eigenvalue weighted by Crippen LogP contribution is -2.44. The van der Waals surface area contributed by atoms with E-state index >= 15 is 0 Å². The van der Waals surface area contributed by atoms with E-state index in [2.05, 4.69) is 16.3 Å². The zero-order valence-electron chi connectivity index (χ0n) is 10.1. The number of para-hydroxylation sites is 1. The van der Waals surface area contributed by atoms with Gasteiger partial charge in [0, 0.05) is 26.2 Å². The molecule has 1 saturated heterocycles. The highest BCUT2D eigenvalue weighted by molar-refractivity contribution is 5.65. The van der Waals surface area contributed by atoms with E-state index in [1.165, 1.54) is 0 Å². The minimum atomic E-state index is 0.140. The van der Waals surface area contributed by atoms with Crippen molar-refractivity contribution in [1.82, 2.24) is 5.32 Å². The third-order valence-corrected chi connectivity index (χ3v) is 3.21. The fourth-order valence-corrected chi connectivity index (χ4v) is 2.35. The van der Waals surface area contributed by atoms with Crippen LogP contribution in [0.2, 0.25) is 0 Å². The summed E-state index contributed by atoms with van der Waals surface area (Å²) >= 11 is 0. The summed E-state index contributed by atoms with van der Waals surface area (Å²) in [5.74, 6) is 1.78. The summed E-state index contributed by atoms with van der Waals surface area (Å²) in [4.78, 5) is 2.36. The molecule has 0 radical (unpaired) electrons. The van der Waals surface area contributed by atoms with Crippen molar-refractivity contribution in [3.63, 3.8) is 0 Å². The molecule has 0 aromatic heterocycles. The zero-order chi connectivity index (χ0) is 11.7. The highest BCUT2D eigenvalue weighted by atomic mass is 16.6. The highest BCUT2D eigenvalue weighted by Crippen LogP contribution is 2.40. The van der Waals surface area contributed by atoms with Crippen LogP contribution < -0.4 is 19.7 Å². The number of nitrogens with zero attached hydrogens (tertiary/aromatic N) is 1. The van der Waals surface area contributed by atoms with E-state index in [1.807, 2.05) is 19.1 Å². The van der Waals surface area contributed by atoms with Gasteiger partial charge in [0.15, 0.2) is 11.5 Å². The zero-order valence-corrected chi connectivity index (χ0v) is 10.1. The highest BCUT2D eigenvalue weighted by Gasteiger charge is 2.23. The van der Waals surface area contributed by atoms with Crippen molar-refractivity contribution in [1.29, 1.82) is 0 Å². The van der Waals surface area contributed by atoms with Gasteiger partial charge in [0.25, 0.3) is 0 Å². The van der Waals surface area contributed by atoms with Gasteiger partial charge in [-0.25, -0.2) is 0 Å². The lowest BCUT2D eigenvalue weighted by atomic mass is 10.2. The predicted molar refractivity (Wildman–Crippen MR) is 67.1 cm³/mol.